The third kappa shape index (κ3) is 4.11. The minimum absolute atomic E-state index is 0.646. The van der Waals surface area contributed by atoms with Gasteiger partial charge in [0.25, 0.3) is 0 Å². The molecule has 2 rings (SSSR count). The van der Waals surface area contributed by atoms with Gasteiger partial charge in [0.2, 0.25) is 0 Å². The molecule has 1 fully saturated rings. The zero-order chi connectivity index (χ0) is 13.5. The summed E-state index contributed by atoms with van der Waals surface area (Å²) >= 11 is 0. The van der Waals surface area contributed by atoms with Crippen LogP contribution >= 0.6 is 0 Å². The predicted octanol–water partition coefficient (Wildman–Crippen LogP) is 1.59. The number of hydrogen-bond donors (Lipinski definition) is 2. The van der Waals surface area contributed by atoms with Crippen molar-refractivity contribution in [1.82, 2.24) is 10.6 Å². The molecule has 0 saturated carbocycles. The first kappa shape index (κ1) is 14.2. The third-order valence-electron chi connectivity index (χ3n) is 3.61. The fourth-order valence-corrected chi connectivity index (χ4v) is 2.51. The van der Waals surface area contributed by atoms with E-state index in [-0.39, 0.29) is 0 Å². The van der Waals surface area contributed by atoms with Crippen LogP contribution < -0.4 is 20.1 Å². The van der Waals surface area contributed by atoms with E-state index in [1.807, 2.05) is 18.2 Å². The molecule has 0 bridgehead atoms. The summed E-state index contributed by atoms with van der Waals surface area (Å²) in [6.07, 6.45) is 3.54. The Hall–Kier alpha value is -1.26. The van der Waals surface area contributed by atoms with Gasteiger partial charge in [0, 0.05) is 12.6 Å². The van der Waals surface area contributed by atoms with E-state index in [2.05, 4.69) is 10.6 Å². The Bertz CT molecular complexity index is 390. The van der Waals surface area contributed by atoms with E-state index in [1.165, 1.54) is 18.4 Å². The number of rotatable bonds is 7. The molecule has 1 atom stereocenters. The maximum Gasteiger partial charge on any atom is 0.122 e. The van der Waals surface area contributed by atoms with Gasteiger partial charge in [-0.3, -0.25) is 0 Å². The van der Waals surface area contributed by atoms with Crippen LogP contribution in [0.5, 0.6) is 11.5 Å². The van der Waals surface area contributed by atoms with E-state index >= 15 is 0 Å². The van der Waals surface area contributed by atoms with Crippen molar-refractivity contribution in [1.29, 1.82) is 0 Å². The normalized spacial score (nSPS) is 18.5. The van der Waals surface area contributed by atoms with Crippen molar-refractivity contribution in [3.63, 3.8) is 0 Å². The molecule has 0 amide bonds. The summed E-state index contributed by atoms with van der Waals surface area (Å²) in [6.45, 7) is 3.17. The van der Waals surface area contributed by atoms with Crippen LogP contribution in [-0.4, -0.2) is 39.9 Å². The molecule has 0 aromatic heterocycles. The summed E-state index contributed by atoms with van der Waals surface area (Å²) in [7, 11) is 3.40. The second-order valence-corrected chi connectivity index (χ2v) is 4.93. The van der Waals surface area contributed by atoms with Crippen LogP contribution in [0.15, 0.2) is 18.2 Å². The van der Waals surface area contributed by atoms with E-state index in [0.29, 0.717) is 6.04 Å². The summed E-state index contributed by atoms with van der Waals surface area (Å²) in [6, 6.07) is 6.59. The number of nitrogens with one attached hydrogen (secondary N) is 2. The summed E-state index contributed by atoms with van der Waals surface area (Å²) in [5, 5.41) is 6.99. The third-order valence-corrected chi connectivity index (χ3v) is 3.61. The lowest BCUT2D eigenvalue weighted by atomic mass is 10.1. The molecule has 1 aliphatic rings. The van der Waals surface area contributed by atoms with E-state index in [0.717, 1.165) is 37.6 Å². The van der Waals surface area contributed by atoms with Gasteiger partial charge in [0.1, 0.15) is 11.5 Å². The lowest BCUT2D eigenvalue weighted by Gasteiger charge is -2.13. The average Bonchev–Trinajstić information content (AvgIpc) is 2.96. The van der Waals surface area contributed by atoms with Crippen LogP contribution in [0.3, 0.4) is 0 Å². The Morgan fingerprint density at radius 2 is 2.21 bits per heavy atom. The number of hydrogen-bond acceptors (Lipinski definition) is 4. The van der Waals surface area contributed by atoms with Gasteiger partial charge in [-0.2, -0.15) is 0 Å². The fourth-order valence-electron chi connectivity index (χ4n) is 2.51. The van der Waals surface area contributed by atoms with Crippen molar-refractivity contribution >= 4 is 0 Å². The second kappa shape index (κ2) is 7.36. The van der Waals surface area contributed by atoms with Gasteiger partial charge in [0.05, 0.1) is 14.2 Å². The average molecular weight is 264 g/mol. The molecule has 106 valence electrons. The maximum atomic E-state index is 5.38. The van der Waals surface area contributed by atoms with Gasteiger partial charge in [-0.25, -0.2) is 0 Å². The topological polar surface area (TPSA) is 42.5 Å². The number of methoxy groups -OCH3 is 2. The first-order chi connectivity index (χ1) is 9.33. The highest BCUT2D eigenvalue weighted by atomic mass is 16.5. The van der Waals surface area contributed by atoms with Crippen LogP contribution in [0.1, 0.15) is 18.4 Å². The van der Waals surface area contributed by atoms with Gasteiger partial charge >= 0.3 is 0 Å². The van der Waals surface area contributed by atoms with Crippen molar-refractivity contribution in [3.8, 4) is 11.5 Å². The number of ether oxygens (including phenoxy) is 2. The first-order valence-corrected chi connectivity index (χ1v) is 6.98. The summed E-state index contributed by atoms with van der Waals surface area (Å²) in [5.41, 5.74) is 1.19. The first-order valence-electron chi connectivity index (χ1n) is 6.98. The SMILES string of the molecule is COc1ccc(OC)c(CCNCC2CCCN2)c1. The number of benzene rings is 1. The highest BCUT2D eigenvalue weighted by Gasteiger charge is 2.12. The summed E-state index contributed by atoms with van der Waals surface area (Å²) in [4.78, 5) is 0. The van der Waals surface area contributed by atoms with Gasteiger partial charge in [0.15, 0.2) is 0 Å². The zero-order valence-electron chi connectivity index (χ0n) is 11.9. The molecular formula is C15H24N2O2. The fraction of sp³-hybridized carbons (Fsp3) is 0.600. The van der Waals surface area contributed by atoms with Crippen molar-refractivity contribution in [3.05, 3.63) is 23.8 Å². The molecule has 2 N–H and O–H groups in total. The van der Waals surface area contributed by atoms with Crippen LogP contribution in [0.4, 0.5) is 0 Å². The molecule has 4 heteroatoms. The molecule has 0 radical (unpaired) electrons. The van der Waals surface area contributed by atoms with Crippen molar-refractivity contribution in [2.24, 2.45) is 0 Å². The Morgan fingerprint density at radius 1 is 1.32 bits per heavy atom. The maximum absolute atomic E-state index is 5.38. The molecule has 1 unspecified atom stereocenters. The molecule has 1 aromatic carbocycles. The van der Waals surface area contributed by atoms with Crippen molar-refractivity contribution in [2.75, 3.05) is 33.9 Å². The van der Waals surface area contributed by atoms with E-state index in [9.17, 15) is 0 Å². The van der Waals surface area contributed by atoms with Crippen LogP contribution in [-0.2, 0) is 6.42 Å². The van der Waals surface area contributed by atoms with E-state index in [4.69, 9.17) is 9.47 Å². The minimum Gasteiger partial charge on any atom is -0.497 e. The van der Waals surface area contributed by atoms with Crippen LogP contribution in [0.2, 0.25) is 0 Å². The van der Waals surface area contributed by atoms with Gasteiger partial charge in [-0.15, -0.1) is 0 Å². The molecule has 4 nitrogen and oxygen atoms in total. The quantitative estimate of drug-likeness (QED) is 0.734. The van der Waals surface area contributed by atoms with Gasteiger partial charge in [-0.1, -0.05) is 0 Å². The summed E-state index contributed by atoms with van der Waals surface area (Å²) in [5.74, 6) is 1.81. The van der Waals surface area contributed by atoms with Crippen molar-refractivity contribution in [2.45, 2.75) is 25.3 Å². The van der Waals surface area contributed by atoms with Crippen molar-refractivity contribution < 1.29 is 9.47 Å². The summed E-state index contributed by atoms with van der Waals surface area (Å²) < 4.78 is 10.6. The molecular weight excluding hydrogens is 240 g/mol. The Kier molecular flexibility index (Phi) is 5.48. The molecule has 1 saturated heterocycles. The van der Waals surface area contributed by atoms with Gasteiger partial charge in [-0.05, 0) is 56.1 Å². The molecule has 19 heavy (non-hydrogen) atoms. The van der Waals surface area contributed by atoms with Crippen LogP contribution in [0, 0.1) is 0 Å². The Morgan fingerprint density at radius 3 is 2.89 bits per heavy atom. The minimum atomic E-state index is 0.646. The zero-order valence-corrected chi connectivity index (χ0v) is 11.9. The Balaban J connectivity index is 1.80. The second-order valence-electron chi connectivity index (χ2n) is 4.93. The lowest BCUT2D eigenvalue weighted by molar-refractivity contribution is 0.398. The molecule has 0 spiro atoms. The predicted molar refractivity (Wildman–Crippen MR) is 77.1 cm³/mol. The highest BCUT2D eigenvalue weighted by Crippen LogP contribution is 2.24. The Labute approximate surface area is 115 Å². The van der Waals surface area contributed by atoms with Gasteiger partial charge < -0.3 is 20.1 Å². The smallest absolute Gasteiger partial charge is 0.122 e. The lowest BCUT2D eigenvalue weighted by Crippen LogP contribution is -2.34. The van der Waals surface area contributed by atoms with E-state index in [1.54, 1.807) is 14.2 Å². The highest BCUT2D eigenvalue weighted by molar-refractivity contribution is 5.40. The van der Waals surface area contributed by atoms with E-state index < -0.39 is 0 Å². The monoisotopic (exact) mass is 264 g/mol. The largest absolute Gasteiger partial charge is 0.497 e. The molecule has 1 heterocycles. The standard InChI is InChI=1S/C15H24N2O2/c1-18-14-5-6-15(19-2)12(10-14)7-9-16-11-13-4-3-8-17-13/h5-6,10,13,16-17H,3-4,7-9,11H2,1-2H3. The molecule has 1 aliphatic heterocycles. The molecule has 0 aliphatic carbocycles. The van der Waals surface area contributed by atoms with Crippen LogP contribution in [0.25, 0.3) is 0 Å². The molecule has 1 aromatic rings.